The molecule has 7 heteroatoms. The molecule has 2 heterocycles. The van der Waals surface area contributed by atoms with Gasteiger partial charge in [0.2, 0.25) is 5.95 Å². The van der Waals surface area contributed by atoms with E-state index in [1.807, 2.05) is 24.3 Å². The van der Waals surface area contributed by atoms with Crippen LogP contribution in [0.1, 0.15) is 12.1 Å². The van der Waals surface area contributed by atoms with Gasteiger partial charge in [0.1, 0.15) is 6.61 Å². The fraction of sp³-hybridized carbons (Fsp3) is 0.100. The van der Waals surface area contributed by atoms with Gasteiger partial charge in [0.25, 0.3) is 0 Å². The number of esters is 1. The van der Waals surface area contributed by atoms with E-state index in [9.17, 15) is 4.79 Å². The first-order valence-corrected chi connectivity index (χ1v) is 8.59. The van der Waals surface area contributed by atoms with Gasteiger partial charge in [-0.05, 0) is 36.4 Å². The van der Waals surface area contributed by atoms with Crippen LogP contribution in [-0.2, 0) is 16.1 Å². The summed E-state index contributed by atoms with van der Waals surface area (Å²) in [6.07, 6.45) is 4.99. The highest BCUT2D eigenvalue weighted by Crippen LogP contribution is 2.21. The molecule has 0 saturated carbocycles. The van der Waals surface area contributed by atoms with E-state index in [0.717, 1.165) is 16.9 Å². The van der Waals surface area contributed by atoms with Crippen LogP contribution in [0.3, 0.4) is 0 Å². The summed E-state index contributed by atoms with van der Waals surface area (Å²) in [7, 11) is 0. The number of rotatable bonds is 7. The van der Waals surface area contributed by atoms with Gasteiger partial charge in [0.05, 0.1) is 17.8 Å². The number of ether oxygens (including phenoxy) is 1. The molecule has 1 N–H and O–H groups in total. The minimum absolute atomic E-state index is 0.0964. The maximum absolute atomic E-state index is 11.5. The van der Waals surface area contributed by atoms with Crippen LogP contribution in [0.25, 0.3) is 11.3 Å². The van der Waals surface area contributed by atoms with E-state index in [1.54, 1.807) is 30.6 Å². The van der Waals surface area contributed by atoms with Crippen molar-refractivity contribution in [3.05, 3.63) is 78.2 Å². The van der Waals surface area contributed by atoms with Crippen molar-refractivity contribution < 1.29 is 9.53 Å². The molecule has 0 spiro atoms. The number of carbonyl (C=O) groups excluding carboxylic acids is 1. The van der Waals surface area contributed by atoms with Gasteiger partial charge in [-0.3, -0.25) is 9.78 Å². The van der Waals surface area contributed by atoms with Crippen molar-refractivity contribution >= 4 is 29.2 Å². The largest absolute Gasteiger partial charge is 0.459 e. The fourth-order valence-corrected chi connectivity index (χ4v) is 2.51. The predicted octanol–water partition coefficient (Wildman–Crippen LogP) is 4.55. The van der Waals surface area contributed by atoms with Gasteiger partial charge < -0.3 is 10.1 Å². The Kier molecular flexibility index (Phi) is 6.12. The van der Waals surface area contributed by atoms with Crippen molar-refractivity contribution in [1.82, 2.24) is 15.0 Å². The molecule has 0 aliphatic carbocycles. The highest BCUT2D eigenvalue weighted by Gasteiger charge is 2.07. The molecule has 0 unspecified atom stereocenters. The molecule has 0 amide bonds. The Morgan fingerprint density at radius 3 is 2.85 bits per heavy atom. The molecule has 0 aliphatic rings. The number of anilines is 2. The summed E-state index contributed by atoms with van der Waals surface area (Å²) in [5.74, 6) is 0.109. The minimum Gasteiger partial charge on any atom is -0.459 e. The first kappa shape index (κ1) is 18.5. The van der Waals surface area contributed by atoms with Crippen LogP contribution in [0.5, 0.6) is 0 Å². The summed E-state index contributed by atoms with van der Waals surface area (Å²) in [4.78, 5) is 24.4. The molecule has 0 bridgehead atoms. The number of nitrogens with zero attached hydrogens (tertiary/aromatic N) is 3. The molecule has 6 nitrogen and oxygen atoms in total. The third-order valence-corrected chi connectivity index (χ3v) is 3.78. The number of carbonyl (C=O) groups is 1. The summed E-state index contributed by atoms with van der Waals surface area (Å²) in [6.45, 7) is 3.60. The van der Waals surface area contributed by atoms with Crippen LogP contribution in [0.4, 0.5) is 11.6 Å². The summed E-state index contributed by atoms with van der Waals surface area (Å²) in [5.41, 5.74) is 2.99. The molecule has 0 atom stereocenters. The average Bonchev–Trinajstić information content (AvgIpc) is 2.67. The van der Waals surface area contributed by atoms with Gasteiger partial charge in [-0.2, -0.15) is 0 Å². The van der Waals surface area contributed by atoms with Crippen LogP contribution in [0.2, 0.25) is 5.02 Å². The molecule has 0 fully saturated rings. The lowest BCUT2D eigenvalue weighted by Crippen LogP contribution is -2.04. The molecule has 0 radical (unpaired) electrons. The van der Waals surface area contributed by atoms with Crippen LogP contribution in [0, 0.1) is 0 Å². The molecular weight excluding hydrogens is 364 g/mol. The Morgan fingerprint density at radius 2 is 2.04 bits per heavy atom. The minimum atomic E-state index is -0.341. The van der Waals surface area contributed by atoms with Crippen molar-refractivity contribution in [2.24, 2.45) is 0 Å². The van der Waals surface area contributed by atoms with Gasteiger partial charge in [0.15, 0.2) is 0 Å². The molecule has 3 aromatic rings. The molecule has 0 aliphatic heterocycles. The number of pyridine rings is 1. The summed E-state index contributed by atoms with van der Waals surface area (Å²) >= 11 is 6.00. The second-order valence-corrected chi connectivity index (χ2v) is 6.03. The highest BCUT2D eigenvalue weighted by atomic mass is 35.5. The average molecular weight is 381 g/mol. The second kappa shape index (κ2) is 8.91. The zero-order valence-corrected chi connectivity index (χ0v) is 15.2. The monoisotopic (exact) mass is 380 g/mol. The third kappa shape index (κ3) is 5.36. The topological polar surface area (TPSA) is 77.0 Å². The number of aromatic nitrogens is 3. The quantitative estimate of drug-likeness (QED) is 0.478. The van der Waals surface area contributed by atoms with E-state index in [4.69, 9.17) is 16.3 Å². The number of hydrogen-bond acceptors (Lipinski definition) is 6. The zero-order chi connectivity index (χ0) is 19.1. The SMILES string of the molecule is C=CCC(=O)OCc1cc(-c2ccnc(Nc3cccc(Cl)c3)n2)ccn1. The standard InChI is InChI=1S/C20H17ClN4O2/c1-2-4-19(26)27-13-17-11-14(7-9-22-17)18-8-10-23-20(25-18)24-16-6-3-5-15(21)12-16/h2-3,5-12H,1,4,13H2,(H,23,24,25). The van der Waals surface area contributed by atoms with Gasteiger partial charge in [0, 0.05) is 28.7 Å². The lowest BCUT2D eigenvalue weighted by Gasteiger charge is -2.08. The predicted molar refractivity (Wildman–Crippen MR) is 105 cm³/mol. The van der Waals surface area contributed by atoms with E-state index in [-0.39, 0.29) is 19.0 Å². The lowest BCUT2D eigenvalue weighted by atomic mass is 10.1. The fourth-order valence-electron chi connectivity index (χ4n) is 2.32. The Bertz CT molecular complexity index is 962. The first-order chi connectivity index (χ1) is 13.1. The molecule has 2 aromatic heterocycles. The summed E-state index contributed by atoms with van der Waals surface area (Å²) in [6, 6.07) is 12.8. The Balaban J connectivity index is 1.75. The van der Waals surface area contributed by atoms with E-state index in [1.165, 1.54) is 6.08 Å². The van der Waals surface area contributed by atoms with E-state index in [0.29, 0.717) is 16.7 Å². The van der Waals surface area contributed by atoms with Crippen molar-refractivity contribution in [3.63, 3.8) is 0 Å². The van der Waals surface area contributed by atoms with Crippen LogP contribution in [0.15, 0.2) is 67.5 Å². The second-order valence-electron chi connectivity index (χ2n) is 5.59. The number of halogens is 1. The van der Waals surface area contributed by atoms with E-state index in [2.05, 4.69) is 26.8 Å². The Labute approximate surface area is 161 Å². The van der Waals surface area contributed by atoms with Crippen molar-refractivity contribution in [3.8, 4) is 11.3 Å². The summed E-state index contributed by atoms with van der Waals surface area (Å²) < 4.78 is 5.14. The normalized spacial score (nSPS) is 10.3. The number of nitrogens with one attached hydrogen (secondary N) is 1. The lowest BCUT2D eigenvalue weighted by molar-refractivity contribution is -0.144. The van der Waals surface area contributed by atoms with Crippen molar-refractivity contribution in [2.45, 2.75) is 13.0 Å². The molecular formula is C20H17ClN4O2. The van der Waals surface area contributed by atoms with Gasteiger partial charge >= 0.3 is 5.97 Å². The smallest absolute Gasteiger partial charge is 0.310 e. The van der Waals surface area contributed by atoms with Crippen LogP contribution >= 0.6 is 11.6 Å². The first-order valence-electron chi connectivity index (χ1n) is 8.21. The Hall–Kier alpha value is -3.25. The van der Waals surface area contributed by atoms with Gasteiger partial charge in [-0.25, -0.2) is 9.97 Å². The van der Waals surface area contributed by atoms with Crippen LogP contribution in [-0.4, -0.2) is 20.9 Å². The van der Waals surface area contributed by atoms with Gasteiger partial charge in [-0.15, -0.1) is 6.58 Å². The molecule has 3 rings (SSSR count). The zero-order valence-electron chi connectivity index (χ0n) is 14.4. The van der Waals surface area contributed by atoms with Gasteiger partial charge in [-0.1, -0.05) is 23.7 Å². The van der Waals surface area contributed by atoms with E-state index >= 15 is 0 Å². The van der Waals surface area contributed by atoms with E-state index < -0.39 is 0 Å². The maximum atomic E-state index is 11.5. The summed E-state index contributed by atoms with van der Waals surface area (Å²) in [5, 5.41) is 3.75. The van der Waals surface area contributed by atoms with Crippen LogP contribution < -0.4 is 5.32 Å². The molecule has 1 aromatic carbocycles. The Morgan fingerprint density at radius 1 is 1.19 bits per heavy atom. The molecule has 136 valence electrons. The number of hydrogen-bond donors (Lipinski definition) is 1. The third-order valence-electron chi connectivity index (χ3n) is 3.54. The van der Waals surface area contributed by atoms with Crippen molar-refractivity contribution in [2.75, 3.05) is 5.32 Å². The molecule has 27 heavy (non-hydrogen) atoms. The number of benzene rings is 1. The molecule has 0 saturated heterocycles. The highest BCUT2D eigenvalue weighted by molar-refractivity contribution is 6.30. The maximum Gasteiger partial charge on any atom is 0.310 e. The van der Waals surface area contributed by atoms with Crippen molar-refractivity contribution in [1.29, 1.82) is 0 Å².